The minimum Gasteiger partial charge on any atom is -0.486 e. The van der Waals surface area contributed by atoms with E-state index in [4.69, 9.17) is 9.84 Å². The number of halogens is 3. The van der Waals surface area contributed by atoms with Crippen LogP contribution in [0.3, 0.4) is 0 Å². The number of aryl methyl sites for hydroxylation is 1. The lowest BCUT2D eigenvalue weighted by Crippen LogP contribution is -2.43. The van der Waals surface area contributed by atoms with Gasteiger partial charge >= 0.3 is 12.1 Å². The van der Waals surface area contributed by atoms with Crippen molar-refractivity contribution >= 4 is 33.8 Å². The number of aliphatic carboxylic acids is 1. The molecule has 0 saturated carbocycles. The zero-order valence-corrected chi connectivity index (χ0v) is 20.5. The average Bonchev–Trinajstić information content (AvgIpc) is 2.85. The summed E-state index contributed by atoms with van der Waals surface area (Å²) in [5.41, 5.74) is 0.218. The predicted octanol–water partition coefficient (Wildman–Crippen LogP) is 5.40. The second kappa shape index (κ2) is 10.3. The third-order valence-corrected chi connectivity index (χ3v) is 7.51. The number of carbonyl (C=O) groups is 1. The molecular formula is C26H23F3N2O5S. The fourth-order valence-corrected chi connectivity index (χ4v) is 5.58. The number of aromatic nitrogens is 1. The van der Waals surface area contributed by atoms with E-state index in [1.165, 1.54) is 48.6 Å². The molecular weight excluding hydrogens is 509 g/mol. The third-order valence-electron chi connectivity index (χ3n) is 5.74. The number of alkyl halides is 3. The van der Waals surface area contributed by atoms with E-state index in [0.717, 1.165) is 16.1 Å². The van der Waals surface area contributed by atoms with Gasteiger partial charge in [0.25, 0.3) is 10.0 Å². The number of hydrogen-bond donors (Lipinski definition) is 1. The van der Waals surface area contributed by atoms with E-state index in [1.807, 2.05) is 0 Å². The van der Waals surface area contributed by atoms with Crippen LogP contribution in [0.15, 0.2) is 65.7 Å². The summed E-state index contributed by atoms with van der Waals surface area (Å²) in [4.78, 5) is 14.6. The van der Waals surface area contributed by atoms with Crippen molar-refractivity contribution in [3.63, 3.8) is 0 Å². The van der Waals surface area contributed by atoms with E-state index in [-0.39, 0.29) is 41.3 Å². The predicted molar refractivity (Wildman–Crippen MR) is 132 cm³/mol. The molecule has 0 radical (unpaired) electrons. The quantitative estimate of drug-likeness (QED) is 0.438. The molecule has 0 aliphatic carbocycles. The van der Waals surface area contributed by atoms with Crippen molar-refractivity contribution < 1.29 is 36.2 Å². The number of nitrogens with zero attached hydrogens (tertiary/aromatic N) is 2. The molecule has 0 fully saturated rings. The highest BCUT2D eigenvalue weighted by Gasteiger charge is 2.36. The van der Waals surface area contributed by atoms with Crippen molar-refractivity contribution in [3.8, 4) is 5.75 Å². The zero-order valence-electron chi connectivity index (χ0n) is 19.6. The van der Waals surface area contributed by atoms with Crippen LogP contribution in [-0.2, 0) is 21.0 Å². The Kier molecular flexibility index (Phi) is 7.26. The molecule has 0 bridgehead atoms. The summed E-state index contributed by atoms with van der Waals surface area (Å²) < 4.78 is 74.2. The lowest BCUT2D eigenvalue weighted by atomic mass is 10.1. The number of pyridine rings is 1. The molecule has 1 aromatic heterocycles. The summed E-state index contributed by atoms with van der Waals surface area (Å²) in [5, 5.41) is 9.06. The number of carboxylic acid groups (broad SMARTS) is 1. The van der Waals surface area contributed by atoms with Gasteiger partial charge in [-0.3, -0.25) is 14.1 Å². The lowest BCUT2D eigenvalue weighted by Gasteiger charge is -2.35. The minimum atomic E-state index is -4.63. The molecule has 4 rings (SSSR count). The minimum absolute atomic E-state index is 0.0588. The first-order chi connectivity index (χ1) is 17.4. The van der Waals surface area contributed by atoms with Crippen LogP contribution < -0.4 is 9.04 Å². The molecule has 2 aromatic carbocycles. The highest BCUT2D eigenvalue weighted by Crippen LogP contribution is 2.39. The number of sulfonamides is 1. The van der Waals surface area contributed by atoms with Crippen LogP contribution in [0.2, 0.25) is 0 Å². The fourth-order valence-electron chi connectivity index (χ4n) is 3.97. The van der Waals surface area contributed by atoms with Crippen molar-refractivity contribution in [1.29, 1.82) is 0 Å². The molecule has 194 valence electrons. The van der Waals surface area contributed by atoms with Crippen molar-refractivity contribution in [2.24, 2.45) is 0 Å². The van der Waals surface area contributed by atoms with Crippen LogP contribution in [0.25, 0.3) is 12.2 Å². The van der Waals surface area contributed by atoms with Gasteiger partial charge < -0.3 is 9.84 Å². The number of hydrogen-bond acceptors (Lipinski definition) is 5. The number of benzene rings is 2. The Balaban J connectivity index is 1.74. The van der Waals surface area contributed by atoms with Gasteiger partial charge in [0.1, 0.15) is 11.9 Å². The van der Waals surface area contributed by atoms with Crippen LogP contribution in [-0.4, -0.2) is 37.1 Å². The Morgan fingerprint density at radius 3 is 2.65 bits per heavy atom. The highest BCUT2D eigenvalue weighted by atomic mass is 32.2. The first kappa shape index (κ1) is 26.2. The first-order valence-electron chi connectivity index (χ1n) is 11.3. The van der Waals surface area contributed by atoms with Crippen LogP contribution in [0.4, 0.5) is 18.9 Å². The highest BCUT2D eigenvalue weighted by molar-refractivity contribution is 7.92. The maximum Gasteiger partial charge on any atom is 0.433 e. The summed E-state index contributed by atoms with van der Waals surface area (Å²) in [5.74, 6) is -0.802. The summed E-state index contributed by atoms with van der Waals surface area (Å²) in [7, 11) is -4.06. The van der Waals surface area contributed by atoms with Gasteiger partial charge in [-0.25, -0.2) is 8.42 Å². The standard InChI is InChI=1S/C26H23F3N2O5S/c1-17-4-2-6-21(14-17)37(34,35)31-16-20(10-12-24(32)33)36-23-11-8-18(15-22(23)31)7-9-19-5-3-13-30-25(19)26(27,28)29/h2-9,11,13-15,20H,10,12,16H2,1H3,(H,32,33)/b9-7+/t20-/m0/s1. The van der Waals surface area contributed by atoms with Gasteiger partial charge in [-0.05, 0) is 54.8 Å². The van der Waals surface area contributed by atoms with Crippen LogP contribution in [0.1, 0.15) is 35.2 Å². The smallest absolute Gasteiger partial charge is 0.433 e. The van der Waals surface area contributed by atoms with E-state index in [2.05, 4.69) is 4.98 Å². The molecule has 3 aromatic rings. The number of rotatable bonds is 7. The van der Waals surface area contributed by atoms with Crippen LogP contribution >= 0.6 is 0 Å². The summed E-state index contributed by atoms with van der Waals surface area (Å²) in [6.07, 6.45) is -1.69. The van der Waals surface area contributed by atoms with Gasteiger partial charge in [0.15, 0.2) is 5.69 Å². The van der Waals surface area contributed by atoms with Gasteiger partial charge in [-0.15, -0.1) is 0 Å². The van der Waals surface area contributed by atoms with E-state index >= 15 is 0 Å². The van der Waals surface area contributed by atoms with Crippen molar-refractivity contribution in [2.45, 2.75) is 36.9 Å². The molecule has 2 heterocycles. The Morgan fingerprint density at radius 2 is 1.95 bits per heavy atom. The second-order valence-corrected chi connectivity index (χ2v) is 10.4. The fraction of sp³-hybridized carbons (Fsp3) is 0.231. The molecule has 1 aliphatic rings. The van der Waals surface area contributed by atoms with Gasteiger partial charge in [0.05, 0.1) is 17.1 Å². The molecule has 7 nitrogen and oxygen atoms in total. The monoisotopic (exact) mass is 532 g/mol. The molecule has 1 aliphatic heterocycles. The van der Waals surface area contributed by atoms with Gasteiger partial charge in [-0.2, -0.15) is 13.2 Å². The lowest BCUT2D eigenvalue weighted by molar-refractivity contribution is -0.141. The normalized spacial score (nSPS) is 15.9. The average molecular weight is 533 g/mol. The Labute approximate surface area is 211 Å². The van der Waals surface area contributed by atoms with Gasteiger partial charge in [-0.1, -0.05) is 36.4 Å². The summed E-state index contributed by atoms with van der Waals surface area (Å²) >= 11 is 0. The summed E-state index contributed by atoms with van der Waals surface area (Å²) in [6.45, 7) is 1.64. The van der Waals surface area contributed by atoms with Crippen LogP contribution in [0, 0.1) is 6.92 Å². The second-order valence-electron chi connectivity index (χ2n) is 8.52. The van der Waals surface area contributed by atoms with Crippen molar-refractivity contribution in [1.82, 2.24) is 4.98 Å². The van der Waals surface area contributed by atoms with E-state index in [9.17, 15) is 26.4 Å². The molecule has 0 spiro atoms. The van der Waals surface area contributed by atoms with E-state index in [1.54, 1.807) is 25.1 Å². The molecule has 1 atom stereocenters. The molecule has 11 heteroatoms. The van der Waals surface area contributed by atoms with E-state index in [0.29, 0.717) is 5.56 Å². The molecule has 1 N–H and O–H groups in total. The largest absolute Gasteiger partial charge is 0.486 e. The van der Waals surface area contributed by atoms with Gasteiger partial charge in [0, 0.05) is 18.2 Å². The maximum atomic E-state index is 13.6. The van der Waals surface area contributed by atoms with Gasteiger partial charge in [0.2, 0.25) is 0 Å². The number of ether oxygens (including phenoxy) is 1. The maximum absolute atomic E-state index is 13.6. The molecule has 37 heavy (non-hydrogen) atoms. The Hall–Kier alpha value is -3.86. The number of carboxylic acids is 1. The van der Waals surface area contributed by atoms with Crippen molar-refractivity contribution in [3.05, 3.63) is 83.2 Å². The SMILES string of the molecule is Cc1cccc(S(=O)(=O)N2C[C@H](CCC(=O)O)Oc3ccc(/C=C/c4cccnc4C(F)(F)F)cc32)c1. The van der Waals surface area contributed by atoms with Crippen molar-refractivity contribution in [2.75, 3.05) is 10.8 Å². The van der Waals surface area contributed by atoms with E-state index < -0.39 is 34.0 Å². The molecule has 0 amide bonds. The third kappa shape index (κ3) is 5.93. The first-order valence-corrected chi connectivity index (χ1v) is 12.7. The molecule has 0 saturated heterocycles. The number of fused-ring (bicyclic) bond motifs is 1. The summed E-state index contributed by atoms with van der Waals surface area (Å²) in [6, 6.07) is 13.7. The Morgan fingerprint density at radius 1 is 1.16 bits per heavy atom. The topological polar surface area (TPSA) is 96.8 Å². The zero-order chi connectivity index (χ0) is 26.8. The molecule has 0 unspecified atom stereocenters. The Bertz CT molecular complexity index is 1450. The number of anilines is 1. The van der Waals surface area contributed by atoms with Crippen LogP contribution in [0.5, 0.6) is 5.75 Å².